The SMILES string of the molecule is Cc1cccc(NC(=O)N2CCCC(C(=O)N(C)C(C)c3cccc(S(N)(=O)=O)c3)C2)c1. The average Bonchev–Trinajstić information content (AvgIpc) is 2.77. The lowest BCUT2D eigenvalue weighted by molar-refractivity contribution is -0.137. The Morgan fingerprint density at radius 1 is 1.19 bits per heavy atom. The quantitative estimate of drug-likeness (QED) is 0.717. The monoisotopic (exact) mass is 458 g/mol. The first kappa shape index (κ1) is 23.7. The summed E-state index contributed by atoms with van der Waals surface area (Å²) in [5.74, 6) is -0.396. The molecule has 3 N–H and O–H groups in total. The van der Waals surface area contributed by atoms with E-state index in [1.165, 1.54) is 12.1 Å². The fourth-order valence-corrected chi connectivity index (χ4v) is 4.51. The molecule has 172 valence electrons. The molecule has 32 heavy (non-hydrogen) atoms. The van der Waals surface area contributed by atoms with Crippen LogP contribution in [0.1, 0.15) is 36.9 Å². The maximum atomic E-state index is 13.2. The van der Waals surface area contributed by atoms with E-state index in [2.05, 4.69) is 5.32 Å². The summed E-state index contributed by atoms with van der Waals surface area (Å²) in [6.45, 7) is 4.73. The maximum Gasteiger partial charge on any atom is 0.321 e. The van der Waals surface area contributed by atoms with E-state index in [1.807, 2.05) is 38.1 Å². The summed E-state index contributed by atoms with van der Waals surface area (Å²) in [6, 6.07) is 13.3. The van der Waals surface area contributed by atoms with Crippen LogP contribution < -0.4 is 10.5 Å². The van der Waals surface area contributed by atoms with Crippen LogP contribution in [0.15, 0.2) is 53.4 Å². The number of carbonyl (C=O) groups excluding carboxylic acids is 2. The van der Waals surface area contributed by atoms with E-state index < -0.39 is 10.0 Å². The van der Waals surface area contributed by atoms with Gasteiger partial charge in [0.1, 0.15) is 0 Å². The number of nitrogens with one attached hydrogen (secondary N) is 1. The van der Waals surface area contributed by atoms with Crippen molar-refractivity contribution >= 4 is 27.6 Å². The number of benzene rings is 2. The summed E-state index contributed by atoms with van der Waals surface area (Å²) in [5.41, 5.74) is 2.46. The number of nitrogens with zero attached hydrogens (tertiary/aromatic N) is 2. The summed E-state index contributed by atoms with van der Waals surface area (Å²) in [6.07, 6.45) is 1.43. The van der Waals surface area contributed by atoms with Crippen molar-refractivity contribution in [3.8, 4) is 0 Å². The minimum absolute atomic E-state index is 0.0133. The number of likely N-dealkylation sites (tertiary alicyclic amines) is 1. The number of hydrogen-bond donors (Lipinski definition) is 2. The first-order valence-corrected chi connectivity index (χ1v) is 12.1. The summed E-state index contributed by atoms with van der Waals surface area (Å²) in [7, 11) is -2.13. The lowest BCUT2D eigenvalue weighted by Gasteiger charge is -2.35. The lowest BCUT2D eigenvalue weighted by Crippen LogP contribution is -2.47. The summed E-state index contributed by atoms with van der Waals surface area (Å²) in [5, 5.41) is 8.14. The Labute approximate surface area is 189 Å². The van der Waals surface area contributed by atoms with Crippen LogP contribution in [-0.2, 0) is 14.8 Å². The highest BCUT2D eigenvalue weighted by molar-refractivity contribution is 7.89. The number of nitrogens with two attached hydrogens (primary N) is 1. The van der Waals surface area contributed by atoms with Crippen molar-refractivity contribution in [1.29, 1.82) is 0 Å². The molecule has 1 fully saturated rings. The van der Waals surface area contributed by atoms with Gasteiger partial charge in [-0.25, -0.2) is 18.4 Å². The van der Waals surface area contributed by atoms with Gasteiger partial charge in [-0.2, -0.15) is 0 Å². The first-order valence-electron chi connectivity index (χ1n) is 10.6. The Balaban J connectivity index is 1.67. The van der Waals surface area contributed by atoms with Crippen LogP contribution in [0.3, 0.4) is 0 Å². The highest BCUT2D eigenvalue weighted by atomic mass is 32.2. The topological polar surface area (TPSA) is 113 Å². The molecule has 9 heteroatoms. The summed E-state index contributed by atoms with van der Waals surface area (Å²) < 4.78 is 23.3. The van der Waals surface area contributed by atoms with Crippen molar-refractivity contribution in [2.24, 2.45) is 11.1 Å². The van der Waals surface area contributed by atoms with E-state index in [-0.39, 0.29) is 28.8 Å². The van der Waals surface area contributed by atoms with E-state index in [1.54, 1.807) is 29.0 Å². The molecular weight excluding hydrogens is 428 g/mol. The molecule has 1 saturated heterocycles. The zero-order valence-electron chi connectivity index (χ0n) is 18.6. The van der Waals surface area contributed by atoms with Gasteiger partial charge in [0.15, 0.2) is 0 Å². The van der Waals surface area contributed by atoms with E-state index in [0.717, 1.165) is 17.7 Å². The highest BCUT2D eigenvalue weighted by Crippen LogP contribution is 2.26. The number of anilines is 1. The normalized spacial score (nSPS) is 17.5. The van der Waals surface area contributed by atoms with Crippen molar-refractivity contribution in [3.05, 3.63) is 59.7 Å². The van der Waals surface area contributed by atoms with Gasteiger partial charge < -0.3 is 15.1 Å². The van der Waals surface area contributed by atoms with Crippen LogP contribution in [0, 0.1) is 12.8 Å². The van der Waals surface area contributed by atoms with Crippen LogP contribution in [0.4, 0.5) is 10.5 Å². The predicted molar refractivity (Wildman–Crippen MR) is 123 cm³/mol. The number of amides is 3. The van der Waals surface area contributed by atoms with E-state index in [4.69, 9.17) is 5.14 Å². The molecule has 8 nitrogen and oxygen atoms in total. The summed E-state index contributed by atoms with van der Waals surface area (Å²) >= 11 is 0. The molecule has 3 rings (SSSR count). The van der Waals surface area contributed by atoms with Gasteiger partial charge in [-0.1, -0.05) is 24.3 Å². The van der Waals surface area contributed by atoms with Crippen molar-refractivity contribution in [2.75, 3.05) is 25.5 Å². The average molecular weight is 459 g/mol. The number of urea groups is 1. The fraction of sp³-hybridized carbons (Fsp3) is 0.391. The first-order chi connectivity index (χ1) is 15.1. The molecule has 2 unspecified atom stereocenters. The minimum atomic E-state index is -3.83. The van der Waals surface area contributed by atoms with Gasteiger partial charge in [-0.15, -0.1) is 0 Å². The van der Waals surface area contributed by atoms with Crippen molar-refractivity contribution in [1.82, 2.24) is 9.80 Å². The molecule has 0 spiro atoms. The zero-order valence-corrected chi connectivity index (χ0v) is 19.4. The molecule has 0 aromatic heterocycles. The van der Waals surface area contributed by atoms with Gasteiger partial charge in [0, 0.05) is 25.8 Å². The number of sulfonamides is 1. The Morgan fingerprint density at radius 3 is 2.59 bits per heavy atom. The molecule has 0 aliphatic carbocycles. The largest absolute Gasteiger partial charge is 0.339 e. The number of piperidine rings is 1. The summed E-state index contributed by atoms with van der Waals surface area (Å²) in [4.78, 5) is 29.2. The number of aryl methyl sites for hydroxylation is 1. The number of hydrogen-bond acceptors (Lipinski definition) is 4. The Bertz CT molecular complexity index is 1100. The molecule has 1 aliphatic heterocycles. The highest BCUT2D eigenvalue weighted by Gasteiger charge is 2.32. The maximum absolute atomic E-state index is 13.2. The fourth-order valence-electron chi connectivity index (χ4n) is 3.94. The van der Waals surface area contributed by atoms with Crippen molar-refractivity contribution < 1.29 is 18.0 Å². The van der Waals surface area contributed by atoms with Gasteiger partial charge in [-0.05, 0) is 62.1 Å². The zero-order chi connectivity index (χ0) is 23.5. The molecule has 3 amide bonds. The van der Waals surface area contributed by atoms with Crippen LogP contribution in [-0.4, -0.2) is 50.3 Å². The Morgan fingerprint density at radius 2 is 1.91 bits per heavy atom. The van der Waals surface area contributed by atoms with Gasteiger partial charge in [0.25, 0.3) is 0 Å². The van der Waals surface area contributed by atoms with Gasteiger partial charge in [0.05, 0.1) is 16.9 Å². The van der Waals surface area contributed by atoms with Crippen molar-refractivity contribution in [3.63, 3.8) is 0 Å². The van der Waals surface area contributed by atoms with Gasteiger partial charge >= 0.3 is 6.03 Å². The number of carbonyl (C=O) groups is 2. The van der Waals surface area contributed by atoms with Crippen LogP contribution in [0.2, 0.25) is 0 Å². The number of rotatable bonds is 5. The standard InChI is InChI=1S/C23H30N4O4S/c1-16-7-4-10-20(13-16)25-23(29)27-12-6-9-19(15-27)22(28)26(3)17(2)18-8-5-11-21(14-18)32(24,30)31/h4-5,7-8,10-11,13-14,17,19H,6,9,12,15H2,1-3H3,(H,25,29)(H2,24,30,31). The molecule has 1 heterocycles. The molecule has 0 radical (unpaired) electrons. The lowest BCUT2D eigenvalue weighted by atomic mass is 9.95. The second-order valence-corrected chi connectivity index (χ2v) is 9.89. The molecule has 2 atom stereocenters. The van der Waals surface area contributed by atoms with E-state index in [9.17, 15) is 18.0 Å². The Kier molecular flexibility index (Phi) is 7.20. The molecule has 0 saturated carbocycles. The third-order valence-corrected chi connectivity index (χ3v) is 6.84. The van der Waals surface area contributed by atoms with Crippen LogP contribution in [0.25, 0.3) is 0 Å². The second kappa shape index (κ2) is 9.70. The third kappa shape index (κ3) is 5.66. The molecule has 2 aromatic carbocycles. The van der Waals surface area contributed by atoms with E-state index in [0.29, 0.717) is 25.1 Å². The smallest absolute Gasteiger partial charge is 0.321 e. The molecule has 2 aromatic rings. The molecule has 1 aliphatic rings. The van der Waals surface area contributed by atoms with Crippen LogP contribution in [0.5, 0.6) is 0 Å². The van der Waals surface area contributed by atoms with Crippen molar-refractivity contribution in [2.45, 2.75) is 37.6 Å². The minimum Gasteiger partial charge on any atom is -0.339 e. The van der Waals surface area contributed by atoms with Crippen LogP contribution >= 0.6 is 0 Å². The van der Waals surface area contributed by atoms with Gasteiger partial charge in [-0.3, -0.25) is 4.79 Å². The van der Waals surface area contributed by atoms with E-state index >= 15 is 0 Å². The number of primary sulfonamides is 1. The molecular formula is C23H30N4O4S. The van der Waals surface area contributed by atoms with Gasteiger partial charge in [0.2, 0.25) is 15.9 Å². The Hall–Kier alpha value is -2.91. The predicted octanol–water partition coefficient (Wildman–Crippen LogP) is 3.11. The third-order valence-electron chi connectivity index (χ3n) is 5.92. The molecule has 0 bridgehead atoms. The second-order valence-electron chi connectivity index (χ2n) is 8.33.